The van der Waals surface area contributed by atoms with Crippen molar-refractivity contribution in [3.63, 3.8) is 0 Å². The van der Waals surface area contributed by atoms with E-state index in [1.807, 2.05) is 0 Å². The van der Waals surface area contributed by atoms with Gasteiger partial charge in [-0.25, -0.2) is 0 Å². The first-order valence-electron chi connectivity index (χ1n) is 3.75. The maximum atomic E-state index is 11.0. The van der Waals surface area contributed by atoms with Crippen molar-refractivity contribution < 1.29 is 9.90 Å². The summed E-state index contributed by atoms with van der Waals surface area (Å²) in [7, 11) is 0. The molecule has 1 aromatic carbocycles. The maximum absolute atomic E-state index is 11.0. The molecule has 1 rings (SSSR count). The van der Waals surface area contributed by atoms with E-state index in [0.29, 0.717) is 5.56 Å². The molecule has 1 aromatic rings. The molecule has 0 radical (unpaired) electrons. The molecule has 4 heteroatoms. The Kier molecular flexibility index (Phi) is 3.06. The zero-order valence-electron chi connectivity index (χ0n) is 6.90. The average Bonchev–Trinajstić information content (AvgIpc) is 2.17. The molecular formula is C9H10BrNO2. The van der Waals surface area contributed by atoms with Crippen LogP contribution in [-0.4, -0.2) is 16.3 Å². The SMILES string of the molecule is NC(=O)[C@](O)(CBr)c1ccccc1. The number of halogens is 1. The number of amides is 1. The first kappa shape index (κ1) is 10.2. The van der Waals surface area contributed by atoms with Gasteiger partial charge in [-0.2, -0.15) is 0 Å². The second-order valence-corrected chi connectivity index (χ2v) is 3.28. The molecule has 0 bridgehead atoms. The average molecular weight is 244 g/mol. The molecular weight excluding hydrogens is 234 g/mol. The van der Waals surface area contributed by atoms with Crippen molar-refractivity contribution in [1.82, 2.24) is 0 Å². The van der Waals surface area contributed by atoms with Crippen LogP contribution in [0.15, 0.2) is 30.3 Å². The maximum Gasteiger partial charge on any atom is 0.254 e. The number of carbonyl (C=O) groups is 1. The van der Waals surface area contributed by atoms with Crippen LogP contribution in [0.2, 0.25) is 0 Å². The number of rotatable bonds is 3. The van der Waals surface area contributed by atoms with E-state index in [4.69, 9.17) is 5.73 Å². The molecule has 0 aliphatic rings. The fourth-order valence-corrected chi connectivity index (χ4v) is 1.60. The van der Waals surface area contributed by atoms with Crippen molar-refractivity contribution in [2.75, 3.05) is 5.33 Å². The van der Waals surface area contributed by atoms with Gasteiger partial charge in [0, 0.05) is 5.33 Å². The van der Waals surface area contributed by atoms with E-state index in [-0.39, 0.29) is 5.33 Å². The van der Waals surface area contributed by atoms with Gasteiger partial charge in [0.05, 0.1) is 0 Å². The second-order valence-electron chi connectivity index (χ2n) is 2.72. The highest BCUT2D eigenvalue weighted by molar-refractivity contribution is 9.09. The lowest BCUT2D eigenvalue weighted by Gasteiger charge is -2.22. The molecule has 0 unspecified atom stereocenters. The van der Waals surface area contributed by atoms with Gasteiger partial charge in [0.25, 0.3) is 5.91 Å². The Morgan fingerprint density at radius 3 is 2.38 bits per heavy atom. The Morgan fingerprint density at radius 1 is 1.46 bits per heavy atom. The Labute approximate surface area is 84.7 Å². The third kappa shape index (κ3) is 1.89. The summed E-state index contributed by atoms with van der Waals surface area (Å²) < 4.78 is 0. The summed E-state index contributed by atoms with van der Waals surface area (Å²) >= 11 is 3.06. The van der Waals surface area contributed by atoms with Crippen LogP contribution in [0.3, 0.4) is 0 Å². The Hall–Kier alpha value is -0.870. The molecule has 0 aliphatic carbocycles. The standard InChI is InChI=1S/C9H10BrNO2/c10-6-9(13,8(11)12)7-4-2-1-3-5-7/h1-5,13H,6H2,(H2,11,12)/t9-/m0/s1. The van der Waals surface area contributed by atoms with Crippen LogP contribution < -0.4 is 5.73 Å². The first-order valence-corrected chi connectivity index (χ1v) is 4.87. The van der Waals surface area contributed by atoms with Gasteiger partial charge in [-0.3, -0.25) is 4.79 Å². The van der Waals surface area contributed by atoms with E-state index in [9.17, 15) is 9.90 Å². The lowest BCUT2D eigenvalue weighted by molar-refractivity contribution is -0.134. The monoisotopic (exact) mass is 243 g/mol. The molecule has 3 nitrogen and oxygen atoms in total. The van der Waals surface area contributed by atoms with Crippen molar-refractivity contribution in [2.24, 2.45) is 5.73 Å². The third-order valence-electron chi connectivity index (χ3n) is 1.85. The number of aliphatic hydroxyl groups is 1. The minimum Gasteiger partial charge on any atom is -0.375 e. The van der Waals surface area contributed by atoms with Gasteiger partial charge in [0.1, 0.15) is 0 Å². The zero-order valence-corrected chi connectivity index (χ0v) is 8.49. The Balaban J connectivity index is 3.11. The summed E-state index contributed by atoms with van der Waals surface area (Å²) in [5.41, 5.74) is 3.98. The van der Waals surface area contributed by atoms with E-state index in [1.54, 1.807) is 30.3 Å². The van der Waals surface area contributed by atoms with Crippen molar-refractivity contribution >= 4 is 21.8 Å². The van der Waals surface area contributed by atoms with Crippen LogP contribution in [0, 0.1) is 0 Å². The summed E-state index contributed by atoms with van der Waals surface area (Å²) in [6.45, 7) is 0. The number of nitrogens with two attached hydrogens (primary N) is 1. The van der Waals surface area contributed by atoms with Gasteiger partial charge >= 0.3 is 0 Å². The minimum atomic E-state index is -1.61. The van der Waals surface area contributed by atoms with E-state index in [2.05, 4.69) is 15.9 Å². The molecule has 70 valence electrons. The van der Waals surface area contributed by atoms with Gasteiger partial charge < -0.3 is 10.8 Å². The van der Waals surface area contributed by atoms with Crippen molar-refractivity contribution in [1.29, 1.82) is 0 Å². The molecule has 0 heterocycles. The van der Waals surface area contributed by atoms with Gasteiger partial charge in [-0.1, -0.05) is 46.3 Å². The molecule has 1 amide bonds. The summed E-state index contributed by atoms with van der Waals surface area (Å²) in [5, 5.41) is 9.94. The molecule has 0 saturated heterocycles. The summed E-state index contributed by atoms with van der Waals surface area (Å²) in [6, 6.07) is 8.61. The fraction of sp³-hybridized carbons (Fsp3) is 0.222. The Bertz CT molecular complexity index is 302. The van der Waals surface area contributed by atoms with E-state index in [1.165, 1.54) is 0 Å². The van der Waals surface area contributed by atoms with Crippen LogP contribution in [0.1, 0.15) is 5.56 Å². The molecule has 0 fully saturated rings. The highest BCUT2D eigenvalue weighted by Gasteiger charge is 2.34. The number of primary amides is 1. The van der Waals surface area contributed by atoms with Crippen LogP contribution in [-0.2, 0) is 10.4 Å². The number of carbonyl (C=O) groups excluding carboxylic acids is 1. The van der Waals surface area contributed by atoms with E-state index in [0.717, 1.165) is 0 Å². The molecule has 0 spiro atoms. The lowest BCUT2D eigenvalue weighted by atomic mass is 9.96. The van der Waals surface area contributed by atoms with Crippen molar-refractivity contribution in [2.45, 2.75) is 5.60 Å². The summed E-state index contributed by atoms with van der Waals surface area (Å²) in [5.74, 6) is -0.754. The highest BCUT2D eigenvalue weighted by Crippen LogP contribution is 2.22. The number of hydrogen-bond donors (Lipinski definition) is 2. The molecule has 3 N–H and O–H groups in total. The van der Waals surface area contributed by atoms with E-state index < -0.39 is 11.5 Å². The van der Waals surface area contributed by atoms with Gasteiger partial charge in [-0.05, 0) is 5.56 Å². The van der Waals surface area contributed by atoms with Crippen molar-refractivity contribution in [3.05, 3.63) is 35.9 Å². The largest absolute Gasteiger partial charge is 0.375 e. The van der Waals surface area contributed by atoms with Crippen LogP contribution >= 0.6 is 15.9 Å². The summed E-state index contributed by atoms with van der Waals surface area (Å²) in [6.07, 6.45) is 0. The molecule has 13 heavy (non-hydrogen) atoms. The number of benzene rings is 1. The highest BCUT2D eigenvalue weighted by atomic mass is 79.9. The van der Waals surface area contributed by atoms with Crippen LogP contribution in [0.25, 0.3) is 0 Å². The van der Waals surface area contributed by atoms with Crippen LogP contribution in [0.4, 0.5) is 0 Å². The lowest BCUT2D eigenvalue weighted by Crippen LogP contribution is -2.42. The molecule has 0 saturated carbocycles. The smallest absolute Gasteiger partial charge is 0.254 e. The molecule has 0 aromatic heterocycles. The van der Waals surface area contributed by atoms with Gasteiger partial charge in [-0.15, -0.1) is 0 Å². The summed E-state index contributed by atoms with van der Waals surface area (Å²) in [4.78, 5) is 11.0. The van der Waals surface area contributed by atoms with Crippen LogP contribution in [0.5, 0.6) is 0 Å². The topological polar surface area (TPSA) is 63.3 Å². The van der Waals surface area contributed by atoms with Crippen molar-refractivity contribution in [3.8, 4) is 0 Å². The zero-order chi connectivity index (χ0) is 9.90. The minimum absolute atomic E-state index is 0.0966. The third-order valence-corrected chi connectivity index (χ3v) is 2.66. The second kappa shape index (κ2) is 3.89. The Morgan fingerprint density at radius 2 is 2.00 bits per heavy atom. The molecule has 1 atom stereocenters. The predicted molar refractivity (Wildman–Crippen MR) is 53.3 cm³/mol. The predicted octanol–water partition coefficient (Wildman–Crippen LogP) is 0.754. The van der Waals surface area contributed by atoms with Gasteiger partial charge in [0.15, 0.2) is 5.60 Å². The first-order chi connectivity index (χ1) is 6.11. The molecule has 0 aliphatic heterocycles. The van der Waals surface area contributed by atoms with Gasteiger partial charge in [0.2, 0.25) is 0 Å². The fourth-order valence-electron chi connectivity index (χ4n) is 0.999. The quantitative estimate of drug-likeness (QED) is 0.771. The normalized spacial score (nSPS) is 14.9. The number of hydrogen-bond acceptors (Lipinski definition) is 2. The van der Waals surface area contributed by atoms with E-state index >= 15 is 0 Å². The number of alkyl halides is 1.